The summed E-state index contributed by atoms with van der Waals surface area (Å²) in [5.41, 5.74) is 2.98. The molecule has 4 N–H and O–H groups in total. The van der Waals surface area contributed by atoms with Gasteiger partial charge in [0.05, 0.1) is 18.8 Å². The van der Waals surface area contributed by atoms with Crippen molar-refractivity contribution in [3.63, 3.8) is 0 Å². The number of carbonyl (C=O) groups excluding carboxylic acids is 1. The Balaban J connectivity index is 1.10. The van der Waals surface area contributed by atoms with Gasteiger partial charge < -0.3 is 34.8 Å². The number of halogens is 1. The number of aliphatic hydroxyl groups excluding tert-OH is 3. The molecule has 3 aliphatic rings. The molecule has 2 aromatic carbocycles. The van der Waals surface area contributed by atoms with E-state index in [1.807, 2.05) is 12.3 Å². The first-order chi connectivity index (χ1) is 19.4. The van der Waals surface area contributed by atoms with Crippen molar-refractivity contribution in [3.8, 4) is 11.3 Å². The van der Waals surface area contributed by atoms with E-state index in [-0.39, 0.29) is 18.0 Å². The average molecular weight is 549 g/mol. The second-order valence-electron chi connectivity index (χ2n) is 10.8. The van der Waals surface area contributed by atoms with Crippen LogP contribution >= 0.6 is 0 Å². The fourth-order valence-electron chi connectivity index (χ4n) is 6.46. The third-order valence-electron chi connectivity index (χ3n) is 8.46. The minimum Gasteiger partial charge on any atom is -0.394 e. The summed E-state index contributed by atoms with van der Waals surface area (Å²) >= 11 is 0. The fourth-order valence-corrected chi connectivity index (χ4v) is 6.46. The van der Waals surface area contributed by atoms with Crippen LogP contribution in [0.15, 0.2) is 60.9 Å². The number of H-pyrrole nitrogens is 1. The second kappa shape index (κ2) is 9.66. The van der Waals surface area contributed by atoms with Crippen LogP contribution in [0, 0.1) is 5.82 Å². The molecule has 0 radical (unpaired) electrons. The van der Waals surface area contributed by atoms with E-state index in [0.29, 0.717) is 24.3 Å². The van der Waals surface area contributed by atoms with Crippen LogP contribution in [-0.4, -0.2) is 102 Å². The second-order valence-corrected chi connectivity index (χ2v) is 10.8. The van der Waals surface area contributed by atoms with Crippen LogP contribution in [0.1, 0.15) is 12.5 Å². The molecule has 3 aliphatic heterocycles. The van der Waals surface area contributed by atoms with Crippen molar-refractivity contribution in [1.29, 1.82) is 0 Å². The van der Waals surface area contributed by atoms with Gasteiger partial charge in [-0.05, 0) is 42.8 Å². The molecular weight excluding hydrogens is 519 g/mol. The summed E-state index contributed by atoms with van der Waals surface area (Å²) in [7, 11) is 0. The minimum atomic E-state index is -1.46. The zero-order valence-corrected chi connectivity index (χ0v) is 21.4. The first kappa shape index (κ1) is 25.1. The van der Waals surface area contributed by atoms with E-state index in [1.54, 1.807) is 17.0 Å². The zero-order valence-electron chi connectivity index (χ0n) is 21.4. The van der Waals surface area contributed by atoms with E-state index in [9.17, 15) is 24.5 Å². The highest BCUT2D eigenvalue weighted by Gasteiger charge is 2.53. The standard InChI is InChI=1S/C28H29FN6O5/c29-17-3-1-2-15(8-17)22-13-35(32-31-22)24-25(37)23(14-36)40-27(26(24)38)28(39)34-12-19-10-20(34)11-33(19)18-4-5-21-16(9-18)6-7-30-21/h1-9,13,19-20,23-27,30,36-38H,10-12,14H2/t19-,20-,23+,24-,25-,26+,27+/m0/s1. The third-order valence-corrected chi connectivity index (χ3v) is 8.46. The summed E-state index contributed by atoms with van der Waals surface area (Å²) in [5, 5.41) is 41.4. The lowest BCUT2D eigenvalue weighted by Crippen LogP contribution is -2.62. The SMILES string of the molecule is O=C([C@@H]1O[C@H](CO)[C@H](O)[C@H](n2cc(-c3cccc(F)c3)nn2)[C@H]1O)N1C[C@@H]2C[C@H]1CN2c1ccc2[nH]ccc2c1. The molecule has 11 nitrogen and oxygen atoms in total. The Morgan fingerprint density at radius 3 is 2.75 bits per heavy atom. The number of likely N-dealkylation sites (tertiary alicyclic amines) is 1. The number of hydrogen-bond donors (Lipinski definition) is 4. The normalized spacial score (nSPS) is 29.9. The van der Waals surface area contributed by atoms with Gasteiger partial charge in [0.1, 0.15) is 35.9 Å². The number of rotatable bonds is 5. The summed E-state index contributed by atoms with van der Waals surface area (Å²) < 4.78 is 20.8. The van der Waals surface area contributed by atoms with Crippen molar-refractivity contribution in [3.05, 3.63) is 66.7 Å². The predicted molar refractivity (Wildman–Crippen MR) is 142 cm³/mol. The zero-order chi connectivity index (χ0) is 27.5. The van der Waals surface area contributed by atoms with E-state index in [2.05, 4.69) is 38.4 Å². The lowest BCUT2D eigenvalue weighted by atomic mass is 9.91. The molecule has 12 heteroatoms. The number of carbonyl (C=O) groups is 1. The Morgan fingerprint density at radius 1 is 1.10 bits per heavy atom. The summed E-state index contributed by atoms with van der Waals surface area (Å²) in [4.78, 5) is 21.0. The van der Waals surface area contributed by atoms with Crippen LogP contribution in [0.5, 0.6) is 0 Å². The van der Waals surface area contributed by atoms with E-state index in [4.69, 9.17) is 4.74 Å². The Morgan fingerprint density at radius 2 is 1.98 bits per heavy atom. The summed E-state index contributed by atoms with van der Waals surface area (Å²) in [6.07, 6.45) is -1.06. The molecule has 208 valence electrons. The van der Waals surface area contributed by atoms with Crippen molar-refractivity contribution >= 4 is 22.5 Å². The summed E-state index contributed by atoms with van der Waals surface area (Å²) in [6.45, 7) is 0.580. The topological polar surface area (TPSA) is 140 Å². The predicted octanol–water partition coefficient (Wildman–Crippen LogP) is 1.08. The average Bonchev–Trinajstić information content (AvgIpc) is 3.77. The maximum Gasteiger partial charge on any atom is 0.254 e. The van der Waals surface area contributed by atoms with Gasteiger partial charge in [0.2, 0.25) is 0 Å². The molecule has 2 bridgehead atoms. The molecular formula is C28H29FN6O5. The molecule has 5 heterocycles. The van der Waals surface area contributed by atoms with Gasteiger partial charge in [0.15, 0.2) is 6.10 Å². The van der Waals surface area contributed by atoms with Crippen molar-refractivity contribution in [2.24, 2.45) is 0 Å². The highest BCUT2D eigenvalue weighted by atomic mass is 19.1. The number of ether oxygens (including phenoxy) is 1. The third kappa shape index (κ3) is 4.06. The number of aliphatic hydroxyl groups is 3. The molecule has 40 heavy (non-hydrogen) atoms. The van der Waals surface area contributed by atoms with Crippen molar-refractivity contribution in [2.75, 3.05) is 24.6 Å². The molecule has 2 aromatic heterocycles. The smallest absolute Gasteiger partial charge is 0.254 e. The number of benzene rings is 2. The Kier molecular flexibility index (Phi) is 6.08. The van der Waals surface area contributed by atoms with E-state index in [0.717, 1.165) is 23.0 Å². The van der Waals surface area contributed by atoms with Gasteiger partial charge in [-0.3, -0.25) is 4.79 Å². The Labute approximate surface area is 228 Å². The van der Waals surface area contributed by atoms with Gasteiger partial charge in [0.25, 0.3) is 5.91 Å². The number of aromatic amines is 1. The molecule has 0 saturated carbocycles. The van der Waals surface area contributed by atoms with Crippen LogP contribution in [0.25, 0.3) is 22.2 Å². The Hall–Kier alpha value is -3.84. The van der Waals surface area contributed by atoms with Crippen LogP contribution in [0.3, 0.4) is 0 Å². The first-order valence-electron chi connectivity index (χ1n) is 13.4. The number of nitrogens with zero attached hydrogens (tertiary/aromatic N) is 5. The van der Waals surface area contributed by atoms with E-state index >= 15 is 0 Å². The number of fused-ring (bicyclic) bond motifs is 3. The number of amides is 1. The van der Waals surface area contributed by atoms with Gasteiger partial charge in [-0.1, -0.05) is 17.3 Å². The fraction of sp³-hybridized carbons (Fsp3) is 0.393. The quantitative estimate of drug-likeness (QED) is 0.291. The Bertz CT molecular complexity index is 1560. The van der Waals surface area contributed by atoms with Crippen LogP contribution in [0.4, 0.5) is 10.1 Å². The molecule has 4 aromatic rings. The molecule has 0 unspecified atom stereocenters. The van der Waals surface area contributed by atoms with Gasteiger partial charge in [-0.15, -0.1) is 5.10 Å². The largest absolute Gasteiger partial charge is 0.394 e. The lowest BCUT2D eigenvalue weighted by molar-refractivity contribution is -0.212. The number of hydrogen-bond acceptors (Lipinski definition) is 8. The molecule has 7 atom stereocenters. The van der Waals surface area contributed by atoms with E-state index < -0.39 is 42.9 Å². The molecule has 3 fully saturated rings. The lowest BCUT2D eigenvalue weighted by Gasteiger charge is -2.44. The van der Waals surface area contributed by atoms with Gasteiger partial charge >= 0.3 is 0 Å². The molecule has 1 amide bonds. The van der Waals surface area contributed by atoms with Gasteiger partial charge in [-0.25, -0.2) is 9.07 Å². The molecule has 7 rings (SSSR count). The minimum absolute atomic E-state index is 0.0564. The van der Waals surface area contributed by atoms with Crippen LogP contribution in [-0.2, 0) is 9.53 Å². The molecule has 0 aliphatic carbocycles. The van der Waals surface area contributed by atoms with Crippen molar-refractivity contribution in [1.82, 2.24) is 24.9 Å². The summed E-state index contributed by atoms with van der Waals surface area (Å²) in [6, 6.07) is 13.1. The number of nitrogens with one attached hydrogen (secondary N) is 1. The van der Waals surface area contributed by atoms with Crippen LogP contribution in [0.2, 0.25) is 0 Å². The first-order valence-corrected chi connectivity index (χ1v) is 13.4. The van der Waals surface area contributed by atoms with E-state index in [1.165, 1.54) is 23.0 Å². The van der Waals surface area contributed by atoms with Crippen molar-refractivity contribution < 1.29 is 29.2 Å². The molecule has 0 spiro atoms. The maximum absolute atomic E-state index is 13.8. The highest BCUT2D eigenvalue weighted by molar-refractivity contribution is 5.85. The van der Waals surface area contributed by atoms with Gasteiger partial charge in [-0.2, -0.15) is 0 Å². The molecule has 3 saturated heterocycles. The number of piperazine rings is 1. The monoisotopic (exact) mass is 548 g/mol. The highest BCUT2D eigenvalue weighted by Crippen LogP contribution is 2.38. The summed E-state index contributed by atoms with van der Waals surface area (Å²) in [5.74, 6) is -0.825. The van der Waals surface area contributed by atoms with Gasteiger partial charge in [0, 0.05) is 47.5 Å². The number of aromatic nitrogens is 4. The maximum atomic E-state index is 13.8. The van der Waals surface area contributed by atoms with Crippen molar-refractivity contribution in [2.45, 2.75) is 49.0 Å². The number of anilines is 1. The van der Waals surface area contributed by atoms with Crippen LogP contribution < -0.4 is 4.90 Å².